The van der Waals surface area contributed by atoms with Gasteiger partial charge in [-0.3, -0.25) is 0 Å². The fourth-order valence-corrected chi connectivity index (χ4v) is 9.95. The first kappa shape index (κ1) is 44.2. The van der Waals surface area contributed by atoms with E-state index in [1.165, 1.54) is 44.5 Å². The summed E-state index contributed by atoms with van der Waals surface area (Å²) < 4.78 is 10.7. The maximum Gasteiger partial charge on any atom is 0.335 e. The van der Waals surface area contributed by atoms with E-state index in [9.17, 15) is 9.59 Å². The second-order valence-corrected chi connectivity index (χ2v) is 18.1. The number of rotatable bonds is 12. The number of ether oxygens (including phenoxy) is 2. The lowest BCUT2D eigenvalue weighted by atomic mass is 9.70. The van der Waals surface area contributed by atoms with Crippen LogP contribution >= 0.6 is 0 Å². The molecule has 8 aromatic rings. The third-order valence-corrected chi connectivity index (χ3v) is 13.4. The number of benzene rings is 8. The van der Waals surface area contributed by atoms with Gasteiger partial charge in [0.25, 0.3) is 0 Å². The van der Waals surface area contributed by atoms with Crippen LogP contribution in [0.25, 0.3) is 44.5 Å². The second-order valence-electron chi connectivity index (χ2n) is 18.1. The zero-order chi connectivity index (χ0) is 48.1. The lowest BCUT2D eigenvalue weighted by molar-refractivity contribution is -0.129. The van der Waals surface area contributed by atoms with Crippen LogP contribution in [-0.2, 0) is 15.0 Å². The van der Waals surface area contributed by atoms with Crippen molar-refractivity contribution in [2.45, 2.75) is 5.41 Å². The van der Waals surface area contributed by atoms with Crippen molar-refractivity contribution in [3.63, 3.8) is 0 Å². The lowest BCUT2D eigenvalue weighted by Crippen LogP contribution is -2.27. The van der Waals surface area contributed by atoms with Crippen LogP contribution in [-0.4, -0.2) is 54.2 Å². The van der Waals surface area contributed by atoms with E-state index in [0.29, 0.717) is 11.5 Å². The summed E-state index contributed by atoms with van der Waals surface area (Å²) in [7, 11) is 12.7. The van der Waals surface area contributed by atoms with Crippen molar-refractivity contribution in [2.75, 3.05) is 61.9 Å². The fourth-order valence-electron chi connectivity index (χ4n) is 9.95. The zero-order valence-electron chi connectivity index (χ0n) is 39.7. The Kier molecular flexibility index (Phi) is 11.3. The van der Waals surface area contributed by atoms with E-state index in [-0.39, 0.29) is 0 Å². The molecule has 8 nitrogen and oxygen atoms in total. The van der Waals surface area contributed by atoms with Crippen LogP contribution in [0.2, 0.25) is 0 Å². The second kappa shape index (κ2) is 17.6. The highest BCUT2D eigenvalue weighted by Gasteiger charge is 2.52. The standard InChI is InChI=1S/C61H52N4O4/c1-9-59(66)68-49-27-15-41(16-28-49)39-11-19-43(20-12-39)65(44-21-13-40(14-22-44)42-17-29-50(30-18-42)69-60(67)10-2)48-26-34-54-53-33-25-47(64(7)8)37-57(53)61(58(54)38-48)55-35-45(62(3)4)23-31-51(55)52-32-24-46(63(5)6)36-56(52)61/h9-38H,1-2H2,3-8H3. The van der Waals surface area contributed by atoms with Crippen molar-refractivity contribution in [1.29, 1.82) is 0 Å². The quantitative estimate of drug-likeness (QED) is 0.0682. The molecule has 2 aliphatic carbocycles. The van der Waals surface area contributed by atoms with Crippen molar-refractivity contribution < 1.29 is 19.1 Å². The molecule has 0 unspecified atom stereocenters. The molecule has 340 valence electrons. The van der Waals surface area contributed by atoms with Crippen molar-refractivity contribution in [3.05, 3.63) is 217 Å². The van der Waals surface area contributed by atoms with Crippen molar-refractivity contribution in [3.8, 4) is 56.0 Å². The van der Waals surface area contributed by atoms with Crippen LogP contribution in [0.3, 0.4) is 0 Å². The van der Waals surface area contributed by atoms with Gasteiger partial charge in [0.15, 0.2) is 0 Å². The lowest BCUT2D eigenvalue weighted by Gasteiger charge is -2.33. The number of fused-ring (bicyclic) bond motifs is 10. The first-order valence-corrected chi connectivity index (χ1v) is 22.9. The molecule has 2 aliphatic rings. The van der Waals surface area contributed by atoms with Crippen molar-refractivity contribution in [2.24, 2.45) is 0 Å². The minimum absolute atomic E-state index is 0.458. The molecule has 0 aromatic heterocycles. The highest BCUT2D eigenvalue weighted by atomic mass is 16.5. The van der Waals surface area contributed by atoms with Crippen LogP contribution < -0.4 is 29.1 Å². The Morgan fingerprint density at radius 3 is 0.928 bits per heavy atom. The van der Waals surface area contributed by atoms with E-state index in [2.05, 4.69) is 196 Å². The average molecular weight is 905 g/mol. The summed E-state index contributed by atoms with van der Waals surface area (Å²) in [6, 6.07) is 60.0. The van der Waals surface area contributed by atoms with Crippen LogP contribution in [0.5, 0.6) is 11.5 Å². The molecule has 0 aliphatic heterocycles. The van der Waals surface area contributed by atoms with Crippen molar-refractivity contribution in [1.82, 2.24) is 0 Å². The molecule has 0 N–H and O–H groups in total. The van der Waals surface area contributed by atoms with Gasteiger partial charge in [0.05, 0.1) is 5.41 Å². The van der Waals surface area contributed by atoms with Gasteiger partial charge in [-0.25, -0.2) is 9.59 Å². The SMILES string of the molecule is C=CC(=O)Oc1ccc(-c2ccc(N(c3ccc(-c4ccc(OC(=O)C=C)cc4)cc3)c3ccc4c(c3)C3(c5cc(N(C)C)ccc5-c5ccc(N(C)C)cc53)c3cc(N(C)C)ccc3-4)cc2)cc1. The minimum Gasteiger partial charge on any atom is -0.423 e. The number of esters is 2. The van der Waals surface area contributed by atoms with Gasteiger partial charge < -0.3 is 29.1 Å². The largest absolute Gasteiger partial charge is 0.423 e. The zero-order valence-corrected chi connectivity index (χ0v) is 39.7. The van der Waals surface area contributed by atoms with Crippen LogP contribution in [0.15, 0.2) is 195 Å². The number of carbonyl (C=O) groups is 2. The van der Waals surface area contributed by atoms with Crippen molar-refractivity contribution >= 4 is 46.1 Å². The summed E-state index contributed by atoms with van der Waals surface area (Å²) in [5.41, 5.74) is 19.7. The molecule has 0 fully saturated rings. The summed E-state index contributed by atoms with van der Waals surface area (Å²) in [4.78, 5) is 32.6. The highest BCUT2D eigenvalue weighted by Crippen LogP contribution is 2.64. The predicted molar refractivity (Wildman–Crippen MR) is 283 cm³/mol. The third-order valence-electron chi connectivity index (χ3n) is 13.4. The Balaban J connectivity index is 1.16. The normalized spacial score (nSPS) is 12.3. The van der Waals surface area contributed by atoms with Gasteiger partial charge in [-0.1, -0.05) is 86.0 Å². The number of hydrogen-bond donors (Lipinski definition) is 0. The van der Waals surface area contributed by atoms with Gasteiger partial charge in [-0.05, 0) is 164 Å². The molecular weight excluding hydrogens is 853 g/mol. The summed E-state index contributed by atoms with van der Waals surface area (Å²) in [6.45, 7) is 7.02. The molecule has 0 amide bonds. The van der Waals surface area contributed by atoms with Gasteiger partial charge in [0, 0.05) is 88.6 Å². The number of hydrogen-bond acceptors (Lipinski definition) is 8. The van der Waals surface area contributed by atoms with E-state index in [4.69, 9.17) is 9.47 Å². The van der Waals surface area contributed by atoms with Crippen LogP contribution in [0.4, 0.5) is 34.1 Å². The van der Waals surface area contributed by atoms with Crippen LogP contribution in [0.1, 0.15) is 22.3 Å². The van der Waals surface area contributed by atoms with Gasteiger partial charge >= 0.3 is 11.9 Å². The summed E-state index contributed by atoms with van der Waals surface area (Å²) in [5.74, 6) is -0.0794. The number of carbonyl (C=O) groups excluding carboxylic acids is 2. The maximum atomic E-state index is 11.9. The Bertz CT molecular complexity index is 3120. The topological polar surface area (TPSA) is 65.6 Å². The predicted octanol–water partition coefficient (Wildman–Crippen LogP) is 13.2. The van der Waals surface area contributed by atoms with Crippen LogP contribution in [0, 0.1) is 0 Å². The van der Waals surface area contributed by atoms with E-state index in [1.54, 1.807) is 24.3 Å². The smallest absolute Gasteiger partial charge is 0.335 e. The average Bonchev–Trinajstić information content (AvgIpc) is 3.83. The Labute approximate surface area is 404 Å². The molecule has 0 bridgehead atoms. The fraction of sp³-hybridized carbons (Fsp3) is 0.115. The Morgan fingerprint density at radius 1 is 0.377 bits per heavy atom. The highest BCUT2D eigenvalue weighted by molar-refractivity contribution is 5.98. The molecule has 10 rings (SSSR count). The van der Waals surface area contributed by atoms with E-state index in [0.717, 1.165) is 68.5 Å². The molecule has 69 heavy (non-hydrogen) atoms. The summed E-state index contributed by atoms with van der Waals surface area (Å²) in [5, 5.41) is 0. The van der Waals surface area contributed by atoms with E-state index < -0.39 is 17.4 Å². The van der Waals surface area contributed by atoms with Gasteiger partial charge in [-0.2, -0.15) is 0 Å². The number of anilines is 6. The van der Waals surface area contributed by atoms with Gasteiger partial charge in [0.1, 0.15) is 11.5 Å². The molecule has 8 aromatic carbocycles. The van der Waals surface area contributed by atoms with E-state index in [1.807, 2.05) is 24.3 Å². The molecule has 8 heteroatoms. The van der Waals surface area contributed by atoms with Gasteiger partial charge in [0.2, 0.25) is 0 Å². The third kappa shape index (κ3) is 7.70. The Morgan fingerprint density at radius 2 is 0.638 bits per heavy atom. The minimum atomic E-state index is -0.632. The van der Waals surface area contributed by atoms with Gasteiger partial charge in [-0.15, -0.1) is 0 Å². The molecule has 0 atom stereocenters. The Hall–Kier alpha value is -8.62. The summed E-state index contributed by atoms with van der Waals surface area (Å²) >= 11 is 0. The summed E-state index contributed by atoms with van der Waals surface area (Å²) in [6.07, 6.45) is 2.31. The van der Waals surface area contributed by atoms with E-state index >= 15 is 0 Å². The molecule has 0 saturated carbocycles. The molecule has 1 spiro atoms. The first-order chi connectivity index (χ1) is 33.4. The molecule has 0 saturated heterocycles. The number of nitrogens with zero attached hydrogens (tertiary/aromatic N) is 4. The molecular formula is C61H52N4O4. The molecule has 0 radical (unpaired) electrons. The molecule has 0 heterocycles. The first-order valence-electron chi connectivity index (χ1n) is 22.9. The monoisotopic (exact) mass is 904 g/mol. The maximum absolute atomic E-state index is 11.9.